The first kappa shape index (κ1) is 20.6. The van der Waals surface area contributed by atoms with Gasteiger partial charge < -0.3 is 23.5 Å². The summed E-state index contributed by atoms with van der Waals surface area (Å²) in [6.07, 6.45) is 0.827. The molecule has 0 fully saturated rings. The van der Waals surface area contributed by atoms with Crippen LogP contribution in [0, 0.1) is 0 Å². The lowest BCUT2D eigenvalue weighted by Gasteiger charge is -2.13. The Bertz CT molecular complexity index is 1120. The average Bonchev–Trinajstić information content (AvgIpc) is 3.18. The number of aryl methyl sites for hydroxylation is 1. The minimum atomic E-state index is 0.383. The summed E-state index contributed by atoms with van der Waals surface area (Å²) in [7, 11) is 3.30. The van der Waals surface area contributed by atoms with Crippen LogP contribution in [0.25, 0.3) is 11.0 Å². The number of imidazole rings is 1. The van der Waals surface area contributed by atoms with Crippen LogP contribution in [0.15, 0.2) is 72.8 Å². The van der Waals surface area contributed by atoms with Gasteiger partial charge in [-0.3, -0.25) is 0 Å². The number of rotatable bonds is 10. The highest BCUT2D eigenvalue weighted by molar-refractivity contribution is 5.75. The van der Waals surface area contributed by atoms with Crippen molar-refractivity contribution in [2.75, 3.05) is 20.8 Å². The standard InChI is InChI=1S/C25H26N2O4/c1-28-19-12-14-20(15-13-19)31-18-25-26-21-8-3-4-9-22(21)27(25)16-7-17-30-24-11-6-5-10-23(24)29-2/h3-6,8-15H,7,16-18H2,1-2H3. The van der Waals surface area contributed by atoms with Crippen LogP contribution in [-0.4, -0.2) is 30.4 Å². The van der Waals surface area contributed by atoms with Crippen molar-refractivity contribution >= 4 is 11.0 Å². The zero-order chi connectivity index (χ0) is 21.5. The normalized spacial score (nSPS) is 10.8. The lowest BCUT2D eigenvalue weighted by molar-refractivity contribution is 0.273. The van der Waals surface area contributed by atoms with E-state index in [1.165, 1.54) is 0 Å². The molecule has 1 heterocycles. The molecule has 0 N–H and O–H groups in total. The van der Waals surface area contributed by atoms with Crippen molar-refractivity contribution in [3.8, 4) is 23.0 Å². The fourth-order valence-electron chi connectivity index (χ4n) is 3.45. The Balaban J connectivity index is 1.43. The summed E-state index contributed by atoms with van der Waals surface area (Å²) < 4.78 is 24.7. The molecule has 31 heavy (non-hydrogen) atoms. The van der Waals surface area contributed by atoms with E-state index in [0.29, 0.717) is 13.2 Å². The number of benzene rings is 3. The first-order valence-corrected chi connectivity index (χ1v) is 10.3. The molecule has 0 aliphatic carbocycles. The van der Waals surface area contributed by atoms with E-state index in [1.54, 1.807) is 14.2 Å². The predicted octanol–water partition coefficient (Wildman–Crippen LogP) is 5.10. The molecule has 0 radical (unpaired) electrons. The van der Waals surface area contributed by atoms with E-state index in [0.717, 1.165) is 52.8 Å². The summed E-state index contributed by atoms with van der Waals surface area (Å²) in [5.74, 6) is 3.95. The molecule has 0 spiro atoms. The second-order valence-electron chi connectivity index (χ2n) is 6.99. The van der Waals surface area contributed by atoms with Gasteiger partial charge in [0.15, 0.2) is 11.5 Å². The zero-order valence-corrected chi connectivity index (χ0v) is 17.8. The Morgan fingerprint density at radius 3 is 2.23 bits per heavy atom. The molecule has 6 nitrogen and oxygen atoms in total. The average molecular weight is 418 g/mol. The number of para-hydroxylation sites is 4. The van der Waals surface area contributed by atoms with E-state index < -0.39 is 0 Å². The minimum absolute atomic E-state index is 0.383. The third-order valence-electron chi connectivity index (χ3n) is 5.01. The van der Waals surface area contributed by atoms with Crippen molar-refractivity contribution in [1.29, 1.82) is 0 Å². The van der Waals surface area contributed by atoms with E-state index in [2.05, 4.69) is 10.6 Å². The molecule has 0 saturated heterocycles. The summed E-state index contributed by atoms with van der Waals surface area (Å²) >= 11 is 0. The molecule has 0 aliphatic heterocycles. The molecule has 0 unspecified atom stereocenters. The number of nitrogens with zero attached hydrogens (tertiary/aromatic N) is 2. The van der Waals surface area contributed by atoms with Gasteiger partial charge >= 0.3 is 0 Å². The Labute approximate surface area is 182 Å². The molecular formula is C25H26N2O4. The Hall–Kier alpha value is -3.67. The fraction of sp³-hybridized carbons (Fsp3) is 0.240. The Kier molecular flexibility index (Phi) is 6.57. The van der Waals surface area contributed by atoms with Crippen molar-refractivity contribution in [1.82, 2.24) is 9.55 Å². The summed E-state index contributed by atoms with van der Waals surface area (Å²) in [4.78, 5) is 4.78. The first-order chi connectivity index (χ1) is 15.3. The van der Waals surface area contributed by atoms with E-state index in [-0.39, 0.29) is 0 Å². The maximum absolute atomic E-state index is 5.98. The van der Waals surface area contributed by atoms with Gasteiger partial charge in [0.25, 0.3) is 0 Å². The smallest absolute Gasteiger partial charge is 0.161 e. The number of hydrogen-bond acceptors (Lipinski definition) is 5. The summed E-state index contributed by atoms with van der Waals surface area (Å²) in [5.41, 5.74) is 2.05. The predicted molar refractivity (Wildman–Crippen MR) is 120 cm³/mol. The minimum Gasteiger partial charge on any atom is -0.497 e. The fourth-order valence-corrected chi connectivity index (χ4v) is 3.45. The van der Waals surface area contributed by atoms with Crippen LogP contribution in [0.2, 0.25) is 0 Å². The number of methoxy groups -OCH3 is 2. The van der Waals surface area contributed by atoms with E-state index in [1.807, 2.05) is 66.7 Å². The largest absolute Gasteiger partial charge is 0.497 e. The third kappa shape index (κ3) is 4.91. The van der Waals surface area contributed by atoms with Crippen molar-refractivity contribution in [2.45, 2.75) is 19.6 Å². The highest BCUT2D eigenvalue weighted by Gasteiger charge is 2.11. The molecule has 6 heteroatoms. The SMILES string of the molecule is COc1ccc(OCc2nc3ccccc3n2CCCOc2ccccc2OC)cc1. The highest BCUT2D eigenvalue weighted by Crippen LogP contribution is 2.26. The number of fused-ring (bicyclic) bond motifs is 1. The molecule has 4 aromatic rings. The summed E-state index contributed by atoms with van der Waals surface area (Å²) in [6.45, 7) is 1.73. The lowest BCUT2D eigenvalue weighted by atomic mass is 10.3. The first-order valence-electron chi connectivity index (χ1n) is 10.3. The van der Waals surface area contributed by atoms with Crippen LogP contribution in [0.1, 0.15) is 12.2 Å². The summed E-state index contributed by atoms with van der Waals surface area (Å²) in [5, 5.41) is 0. The van der Waals surface area contributed by atoms with Crippen LogP contribution in [0.4, 0.5) is 0 Å². The van der Waals surface area contributed by atoms with Gasteiger partial charge in [-0.05, 0) is 55.0 Å². The third-order valence-corrected chi connectivity index (χ3v) is 5.01. The van der Waals surface area contributed by atoms with Crippen LogP contribution in [-0.2, 0) is 13.2 Å². The van der Waals surface area contributed by atoms with Crippen LogP contribution < -0.4 is 18.9 Å². The second-order valence-corrected chi connectivity index (χ2v) is 6.99. The number of ether oxygens (including phenoxy) is 4. The molecule has 3 aromatic carbocycles. The van der Waals surface area contributed by atoms with Crippen LogP contribution in [0.3, 0.4) is 0 Å². The highest BCUT2D eigenvalue weighted by atomic mass is 16.5. The molecular weight excluding hydrogens is 392 g/mol. The van der Waals surface area contributed by atoms with Gasteiger partial charge in [0.05, 0.1) is 31.9 Å². The summed E-state index contributed by atoms with van der Waals surface area (Å²) in [6, 6.07) is 23.4. The second kappa shape index (κ2) is 9.89. The maximum Gasteiger partial charge on any atom is 0.161 e. The van der Waals surface area contributed by atoms with Gasteiger partial charge in [-0.15, -0.1) is 0 Å². The van der Waals surface area contributed by atoms with Gasteiger partial charge in [0, 0.05) is 6.54 Å². The van der Waals surface area contributed by atoms with Crippen molar-refractivity contribution in [3.63, 3.8) is 0 Å². The van der Waals surface area contributed by atoms with Crippen molar-refractivity contribution in [2.24, 2.45) is 0 Å². The van der Waals surface area contributed by atoms with Gasteiger partial charge in [0.1, 0.15) is 23.9 Å². The van der Waals surface area contributed by atoms with Gasteiger partial charge in [-0.25, -0.2) is 4.98 Å². The molecule has 0 bridgehead atoms. The number of hydrogen-bond donors (Lipinski definition) is 0. The monoisotopic (exact) mass is 418 g/mol. The van der Waals surface area contributed by atoms with E-state index >= 15 is 0 Å². The molecule has 4 rings (SSSR count). The topological polar surface area (TPSA) is 54.7 Å². The van der Waals surface area contributed by atoms with E-state index in [9.17, 15) is 0 Å². The number of aromatic nitrogens is 2. The Morgan fingerprint density at radius 1 is 0.742 bits per heavy atom. The van der Waals surface area contributed by atoms with Crippen molar-refractivity contribution in [3.05, 3.63) is 78.6 Å². The molecule has 0 amide bonds. The van der Waals surface area contributed by atoms with E-state index in [4.69, 9.17) is 23.9 Å². The molecule has 1 aromatic heterocycles. The van der Waals surface area contributed by atoms with Crippen LogP contribution in [0.5, 0.6) is 23.0 Å². The van der Waals surface area contributed by atoms with Crippen LogP contribution >= 0.6 is 0 Å². The zero-order valence-electron chi connectivity index (χ0n) is 17.8. The van der Waals surface area contributed by atoms with Gasteiger partial charge in [-0.1, -0.05) is 24.3 Å². The quantitative estimate of drug-likeness (QED) is 0.335. The Morgan fingerprint density at radius 2 is 1.45 bits per heavy atom. The lowest BCUT2D eigenvalue weighted by Crippen LogP contribution is -2.10. The molecule has 0 aliphatic rings. The van der Waals surface area contributed by atoms with Gasteiger partial charge in [0.2, 0.25) is 0 Å². The molecule has 0 saturated carbocycles. The molecule has 160 valence electrons. The maximum atomic E-state index is 5.98. The molecule has 0 atom stereocenters. The van der Waals surface area contributed by atoms with Crippen molar-refractivity contribution < 1.29 is 18.9 Å². The van der Waals surface area contributed by atoms with Gasteiger partial charge in [-0.2, -0.15) is 0 Å².